The fourth-order valence-corrected chi connectivity index (χ4v) is 2.40. The second kappa shape index (κ2) is 9.84. The number of halogens is 1. The van der Waals surface area contributed by atoms with Gasteiger partial charge in [-0.2, -0.15) is 0 Å². The molecule has 4 nitrogen and oxygen atoms in total. The topological polar surface area (TPSA) is 55.4 Å². The van der Waals surface area contributed by atoms with Crippen molar-refractivity contribution in [1.82, 2.24) is 0 Å². The average molecular weight is 360 g/mol. The summed E-state index contributed by atoms with van der Waals surface area (Å²) in [5, 5.41) is 3.35. The molecule has 132 valence electrons. The Morgan fingerprint density at radius 3 is 2.20 bits per heavy atom. The van der Waals surface area contributed by atoms with Crippen molar-refractivity contribution >= 4 is 29.2 Å². The summed E-state index contributed by atoms with van der Waals surface area (Å²) in [7, 11) is 0. The predicted molar refractivity (Wildman–Crippen MR) is 100 cm³/mol. The Balaban J connectivity index is 1.85. The molecule has 0 aromatic heterocycles. The van der Waals surface area contributed by atoms with Crippen LogP contribution in [0.5, 0.6) is 0 Å². The van der Waals surface area contributed by atoms with E-state index in [0.717, 1.165) is 25.7 Å². The van der Waals surface area contributed by atoms with Crippen molar-refractivity contribution in [3.05, 3.63) is 64.7 Å². The average Bonchev–Trinajstić information content (AvgIpc) is 2.62. The number of carbonyl (C=O) groups excluding carboxylic acids is 2. The number of nitrogens with one attached hydrogen (secondary N) is 1. The summed E-state index contributed by atoms with van der Waals surface area (Å²) in [6, 6.07) is 13.3. The molecule has 0 saturated carbocycles. The van der Waals surface area contributed by atoms with Gasteiger partial charge in [0.1, 0.15) is 0 Å². The van der Waals surface area contributed by atoms with Crippen LogP contribution in [-0.2, 0) is 4.74 Å². The number of ether oxygens (including phenoxy) is 1. The van der Waals surface area contributed by atoms with Gasteiger partial charge in [-0.1, -0.05) is 37.8 Å². The lowest BCUT2D eigenvalue weighted by molar-refractivity contribution is 0.0498. The first-order valence-corrected chi connectivity index (χ1v) is 8.82. The van der Waals surface area contributed by atoms with Gasteiger partial charge in [-0.15, -0.1) is 0 Å². The van der Waals surface area contributed by atoms with Gasteiger partial charge in [-0.25, -0.2) is 4.79 Å². The van der Waals surface area contributed by atoms with Crippen molar-refractivity contribution < 1.29 is 14.3 Å². The molecule has 0 spiro atoms. The monoisotopic (exact) mass is 359 g/mol. The second-order valence-electron chi connectivity index (χ2n) is 5.73. The minimum atomic E-state index is -0.341. The van der Waals surface area contributed by atoms with E-state index in [4.69, 9.17) is 16.3 Å². The number of benzene rings is 2. The van der Waals surface area contributed by atoms with Crippen LogP contribution < -0.4 is 5.32 Å². The number of rotatable bonds is 8. The summed E-state index contributed by atoms with van der Waals surface area (Å²) < 4.78 is 5.24. The van der Waals surface area contributed by atoms with Crippen LogP contribution in [0.4, 0.5) is 5.69 Å². The number of anilines is 1. The van der Waals surface area contributed by atoms with Crippen LogP contribution in [0.2, 0.25) is 5.02 Å². The van der Waals surface area contributed by atoms with Crippen molar-refractivity contribution in [3.63, 3.8) is 0 Å². The van der Waals surface area contributed by atoms with Gasteiger partial charge in [0, 0.05) is 16.3 Å². The largest absolute Gasteiger partial charge is 0.462 e. The molecule has 0 radical (unpaired) electrons. The molecule has 25 heavy (non-hydrogen) atoms. The number of carbonyl (C=O) groups is 2. The Kier molecular flexibility index (Phi) is 7.48. The molecule has 1 amide bonds. The third kappa shape index (κ3) is 6.24. The molecule has 0 aliphatic heterocycles. The third-order valence-corrected chi connectivity index (χ3v) is 3.97. The Labute approximate surface area is 153 Å². The van der Waals surface area contributed by atoms with Crippen LogP contribution in [-0.4, -0.2) is 18.5 Å². The maximum absolute atomic E-state index is 12.1. The maximum atomic E-state index is 12.1. The van der Waals surface area contributed by atoms with E-state index in [1.54, 1.807) is 48.5 Å². The van der Waals surface area contributed by atoms with Crippen molar-refractivity contribution in [3.8, 4) is 0 Å². The predicted octanol–water partition coefficient (Wildman–Crippen LogP) is 5.33. The van der Waals surface area contributed by atoms with E-state index >= 15 is 0 Å². The molecular weight excluding hydrogens is 338 g/mol. The molecule has 1 N–H and O–H groups in total. The molecule has 0 fully saturated rings. The first kappa shape index (κ1) is 19.0. The molecule has 2 rings (SSSR count). The lowest BCUT2D eigenvalue weighted by atomic mass is 10.2. The van der Waals surface area contributed by atoms with E-state index in [0.29, 0.717) is 28.4 Å². The van der Waals surface area contributed by atoms with E-state index in [-0.39, 0.29) is 11.9 Å². The lowest BCUT2D eigenvalue weighted by Gasteiger charge is -2.07. The number of unbranched alkanes of at least 4 members (excludes halogenated alkanes) is 3. The summed E-state index contributed by atoms with van der Waals surface area (Å²) in [5.74, 6) is -0.574. The minimum Gasteiger partial charge on any atom is -0.462 e. The van der Waals surface area contributed by atoms with Gasteiger partial charge < -0.3 is 10.1 Å². The first-order chi connectivity index (χ1) is 12.1. The molecular formula is C20H22ClNO3. The smallest absolute Gasteiger partial charge is 0.338 e. The minimum absolute atomic E-state index is 0.233. The standard InChI is InChI=1S/C20H22ClNO3/c1-2-3-4-5-14-25-20(24)16-8-12-18(13-9-16)22-19(23)15-6-10-17(21)11-7-15/h6-13H,2-5,14H2,1H3,(H,22,23). The summed E-state index contributed by atoms with van der Waals surface area (Å²) in [5.41, 5.74) is 1.60. The molecule has 5 heteroatoms. The van der Waals surface area contributed by atoms with Gasteiger partial charge in [0.05, 0.1) is 12.2 Å². The molecule has 0 heterocycles. The van der Waals surface area contributed by atoms with Crippen LogP contribution in [0.25, 0.3) is 0 Å². The van der Waals surface area contributed by atoms with Crippen LogP contribution in [0.3, 0.4) is 0 Å². The Hall–Kier alpha value is -2.33. The maximum Gasteiger partial charge on any atom is 0.338 e. The van der Waals surface area contributed by atoms with Crippen molar-refractivity contribution in [2.45, 2.75) is 32.6 Å². The molecule has 2 aromatic rings. The number of hydrogen-bond acceptors (Lipinski definition) is 3. The van der Waals surface area contributed by atoms with Gasteiger partial charge in [0.2, 0.25) is 0 Å². The molecule has 2 aromatic carbocycles. The summed E-state index contributed by atoms with van der Waals surface area (Å²) in [4.78, 5) is 24.1. The Bertz CT molecular complexity index is 696. The van der Waals surface area contributed by atoms with Crippen molar-refractivity contribution in [1.29, 1.82) is 0 Å². The van der Waals surface area contributed by atoms with Gasteiger partial charge in [0.15, 0.2) is 0 Å². The molecule has 0 aliphatic carbocycles. The van der Waals surface area contributed by atoms with Crippen molar-refractivity contribution in [2.75, 3.05) is 11.9 Å². The quantitative estimate of drug-likeness (QED) is 0.512. The third-order valence-electron chi connectivity index (χ3n) is 3.72. The van der Waals surface area contributed by atoms with E-state index in [1.807, 2.05) is 0 Å². The van der Waals surface area contributed by atoms with Crippen LogP contribution >= 0.6 is 11.6 Å². The van der Waals surface area contributed by atoms with Gasteiger partial charge in [-0.3, -0.25) is 4.79 Å². The van der Waals surface area contributed by atoms with E-state index in [9.17, 15) is 9.59 Å². The highest BCUT2D eigenvalue weighted by Crippen LogP contribution is 2.14. The fraction of sp³-hybridized carbons (Fsp3) is 0.300. The Morgan fingerprint density at radius 2 is 1.56 bits per heavy atom. The number of esters is 1. The molecule has 0 saturated heterocycles. The highest BCUT2D eigenvalue weighted by Gasteiger charge is 2.09. The number of hydrogen-bond donors (Lipinski definition) is 1. The SMILES string of the molecule is CCCCCCOC(=O)c1ccc(NC(=O)c2ccc(Cl)cc2)cc1. The van der Waals surface area contributed by atoms with Crippen LogP contribution in [0.15, 0.2) is 48.5 Å². The summed E-state index contributed by atoms with van der Waals surface area (Å²) >= 11 is 5.81. The van der Waals surface area contributed by atoms with Gasteiger partial charge >= 0.3 is 5.97 Å². The summed E-state index contributed by atoms with van der Waals surface area (Å²) in [6.07, 6.45) is 4.25. The van der Waals surface area contributed by atoms with E-state index < -0.39 is 0 Å². The normalized spacial score (nSPS) is 10.3. The highest BCUT2D eigenvalue weighted by atomic mass is 35.5. The molecule has 0 unspecified atom stereocenters. The molecule has 0 atom stereocenters. The molecule has 0 bridgehead atoms. The summed E-state index contributed by atoms with van der Waals surface area (Å²) in [6.45, 7) is 2.58. The second-order valence-corrected chi connectivity index (χ2v) is 6.17. The van der Waals surface area contributed by atoms with Crippen molar-refractivity contribution in [2.24, 2.45) is 0 Å². The van der Waals surface area contributed by atoms with Crippen LogP contribution in [0.1, 0.15) is 53.3 Å². The van der Waals surface area contributed by atoms with Gasteiger partial charge in [-0.05, 0) is 55.0 Å². The molecule has 0 aliphatic rings. The zero-order chi connectivity index (χ0) is 18.1. The zero-order valence-electron chi connectivity index (χ0n) is 14.3. The number of amides is 1. The van der Waals surface area contributed by atoms with E-state index in [2.05, 4.69) is 12.2 Å². The lowest BCUT2D eigenvalue weighted by Crippen LogP contribution is -2.12. The van der Waals surface area contributed by atoms with E-state index in [1.165, 1.54) is 0 Å². The highest BCUT2D eigenvalue weighted by molar-refractivity contribution is 6.30. The Morgan fingerprint density at radius 1 is 0.920 bits per heavy atom. The fourth-order valence-electron chi connectivity index (χ4n) is 2.27. The van der Waals surface area contributed by atoms with Gasteiger partial charge in [0.25, 0.3) is 5.91 Å². The van der Waals surface area contributed by atoms with Crippen LogP contribution in [0, 0.1) is 0 Å². The zero-order valence-corrected chi connectivity index (χ0v) is 15.0. The first-order valence-electron chi connectivity index (χ1n) is 8.44.